The molecule has 0 unspecified atom stereocenters. The number of rotatable bonds is 6. The van der Waals surface area contributed by atoms with E-state index in [1.807, 2.05) is 31.2 Å². The highest BCUT2D eigenvalue weighted by Crippen LogP contribution is 2.42. The molecule has 0 radical (unpaired) electrons. The van der Waals surface area contributed by atoms with Crippen LogP contribution in [0.4, 0.5) is 11.4 Å². The largest absolute Gasteiger partial charge is 0.325 e. The molecule has 176 valence electrons. The molecule has 2 aliphatic heterocycles. The summed E-state index contributed by atoms with van der Waals surface area (Å²) in [5.74, 6) is -0.521. The molecular formula is C25H31N3O4S. The second-order valence-electron chi connectivity index (χ2n) is 9.26. The van der Waals surface area contributed by atoms with Crippen LogP contribution in [0.15, 0.2) is 47.4 Å². The normalized spacial score (nSPS) is 18.3. The highest BCUT2D eigenvalue weighted by molar-refractivity contribution is 7.89. The number of anilines is 2. The number of aryl methyl sites for hydroxylation is 1. The number of carbonyl (C=O) groups is 2. The molecule has 1 fully saturated rings. The van der Waals surface area contributed by atoms with Crippen molar-refractivity contribution >= 4 is 33.2 Å². The van der Waals surface area contributed by atoms with Gasteiger partial charge in [-0.2, -0.15) is 4.31 Å². The molecule has 0 aliphatic carbocycles. The molecule has 0 atom stereocenters. The van der Waals surface area contributed by atoms with Crippen LogP contribution in [0.3, 0.4) is 0 Å². The van der Waals surface area contributed by atoms with Gasteiger partial charge in [-0.1, -0.05) is 25.5 Å². The lowest BCUT2D eigenvalue weighted by atomic mass is 9.86. The lowest BCUT2D eigenvalue weighted by Gasteiger charge is -2.26. The third kappa shape index (κ3) is 4.42. The van der Waals surface area contributed by atoms with Crippen molar-refractivity contribution in [2.45, 2.75) is 56.8 Å². The maximum atomic E-state index is 13.2. The average Bonchev–Trinajstić information content (AvgIpc) is 3.00. The second-order valence-corrected chi connectivity index (χ2v) is 11.2. The Morgan fingerprint density at radius 2 is 1.79 bits per heavy atom. The molecule has 8 heteroatoms. The smallest absolute Gasteiger partial charge is 0.244 e. The molecule has 0 spiro atoms. The monoisotopic (exact) mass is 469 g/mol. The van der Waals surface area contributed by atoms with Gasteiger partial charge in [-0.3, -0.25) is 9.59 Å². The van der Waals surface area contributed by atoms with Crippen LogP contribution in [0.25, 0.3) is 0 Å². The van der Waals surface area contributed by atoms with Crippen LogP contribution in [0.2, 0.25) is 0 Å². The third-order valence-electron chi connectivity index (χ3n) is 6.59. The topological polar surface area (TPSA) is 86.8 Å². The van der Waals surface area contributed by atoms with Crippen molar-refractivity contribution < 1.29 is 18.0 Å². The van der Waals surface area contributed by atoms with E-state index in [-0.39, 0.29) is 23.3 Å². The van der Waals surface area contributed by atoms with E-state index in [2.05, 4.69) is 5.32 Å². The predicted octanol–water partition coefficient (Wildman–Crippen LogP) is 3.69. The first-order valence-corrected chi connectivity index (χ1v) is 12.9. The Hall–Kier alpha value is -2.71. The van der Waals surface area contributed by atoms with Crippen molar-refractivity contribution in [3.63, 3.8) is 0 Å². The molecule has 0 aromatic heterocycles. The second kappa shape index (κ2) is 8.91. The van der Waals surface area contributed by atoms with Crippen molar-refractivity contribution in [3.05, 3.63) is 53.6 Å². The van der Waals surface area contributed by atoms with Crippen LogP contribution >= 0.6 is 0 Å². The fraction of sp³-hybridized carbons (Fsp3) is 0.440. The summed E-state index contributed by atoms with van der Waals surface area (Å²) in [5.41, 5.74) is 2.09. The van der Waals surface area contributed by atoms with Crippen LogP contribution in [0, 0.1) is 0 Å². The molecule has 2 aliphatic rings. The van der Waals surface area contributed by atoms with Crippen molar-refractivity contribution in [2.75, 3.05) is 29.9 Å². The van der Waals surface area contributed by atoms with Crippen molar-refractivity contribution in [2.24, 2.45) is 0 Å². The lowest BCUT2D eigenvalue weighted by Crippen LogP contribution is -2.40. The highest BCUT2D eigenvalue weighted by Gasteiger charge is 2.45. The molecule has 2 amide bonds. The third-order valence-corrected chi connectivity index (χ3v) is 8.48. The number of carbonyl (C=O) groups excluding carboxylic acids is 2. The van der Waals surface area contributed by atoms with Crippen molar-refractivity contribution in [1.82, 2.24) is 4.31 Å². The van der Waals surface area contributed by atoms with Crippen molar-refractivity contribution in [1.29, 1.82) is 0 Å². The summed E-state index contributed by atoms with van der Waals surface area (Å²) >= 11 is 0. The summed E-state index contributed by atoms with van der Waals surface area (Å²) in [6.07, 6.45) is 3.62. The van der Waals surface area contributed by atoms with E-state index in [0.717, 1.165) is 31.2 Å². The fourth-order valence-electron chi connectivity index (χ4n) is 4.60. The van der Waals surface area contributed by atoms with Gasteiger partial charge in [0.2, 0.25) is 21.8 Å². The van der Waals surface area contributed by atoms with Crippen molar-refractivity contribution in [3.8, 4) is 0 Å². The molecule has 7 nitrogen and oxygen atoms in total. The Labute approximate surface area is 195 Å². The first-order chi connectivity index (χ1) is 15.6. The summed E-state index contributed by atoms with van der Waals surface area (Å²) in [7, 11) is -3.61. The Balaban J connectivity index is 1.59. The number of fused-ring (bicyclic) bond motifs is 1. The minimum absolute atomic E-state index is 0.135. The van der Waals surface area contributed by atoms with Crippen LogP contribution in [-0.2, 0) is 31.4 Å². The first kappa shape index (κ1) is 23.4. The average molecular weight is 470 g/mol. The minimum Gasteiger partial charge on any atom is -0.325 e. The summed E-state index contributed by atoms with van der Waals surface area (Å²) in [6.45, 7) is 6.50. The molecule has 2 heterocycles. The maximum Gasteiger partial charge on any atom is 0.244 e. The van der Waals surface area contributed by atoms with E-state index in [9.17, 15) is 18.0 Å². The molecule has 2 aromatic carbocycles. The van der Waals surface area contributed by atoms with Gasteiger partial charge in [0, 0.05) is 24.5 Å². The van der Waals surface area contributed by atoms with Crippen LogP contribution in [0.1, 0.15) is 51.2 Å². The number of amides is 2. The molecular weight excluding hydrogens is 438 g/mol. The van der Waals surface area contributed by atoms with E-state index in [4.69, 9.17) is 0 Å². The SMILES string of the molecule is CCc1cccc(NC(=O)CN2C(=O)C(C)(C)c3cc(S(=O)(=O)N4CCCCC4)ccc32)c1. The lowest BCUT2D eigenvalue weighted by molar-refractivity contribution is -0.124. The molecule has 0 bridgehead atoms. The Bertz CT molecular complexity index is 1180. The standard InChI is InChI=1S/C25H31N3O4S/c1-4-18-9-8-10-19(15-18)26-23(29)17-28-22-12-11-20(16-21(22)25(2,3)24(28)30)33(31,32)27-13-6-5-7-14-27/h8-12,15-16H,4-7,13-14,17H2,1-3H3,(H,26,29). The van der Waals surface area contributed by atoms with E-state index < -0.39 is 15.4 Å². The van der Waals surface area contributed by atoms with Gasteiger partial charge in [-0.25, -0.2) is 8.42 Å². The Kier molecular flexibility index (Phi) is 6.33. The van der Waals surface area contributed by atoms with Gasteiger partial charge >= 0.3 is 0 Å². The van der Waals surface area contributed by atoms with Crippen LogP contribution in [-0.4, -0.2) is 44.2 Å². The summed E-state index contributed by atoms with van der Waals surface area (Å²) in [4.78, 5) is 27.6. The van der Waals surface area contributed by atoms with E-state index in [1.54, 1.807) is 32.0 Å². The van der Waals surface area contributed by atoms with Gasteiger partial charge in [0.15, 0.2) is 0 Å². The van der Waals surface area contributed by atoms with Gasteiger partial charge in [-0.05, 0) is 74.6 Å². The van der Waals surface area contributed by atoms with Gasteiger partial charge < -0.3 is 10.2 Å². The molecule has 0 saturated carbocycles. The van der Waals surface area contributed by atoms with Crippen LogP contribution < -0.4 is 10.2 Å². The zero-order valence-electron chi connectivity index (χ0n) is 19.4. The van der Waals surface area contributed by atoms with E-state index in [0.29, 0.717) is 30.0 Å². The number of nitrogens with one attached hydrogen (secondary N) is 1. The molecule has 1 saturated heterocycles. The van der Waals surface area contributed by atoms with Crippen LogP contribution in [0.5, 0.6) is 0 Å². The molecule has 1 N–H and O–H groups in total. The number of hydrogen-bond acceptors (Lipinski definition) is 4. The number of nitrogens with zero attached hydrogens (tertiary/aromatic N) is 2. The maximum absolute atomic E-state index is 13.2. The number of benzene rings is 2. The van der Waals surface area contributed by atoms with Gasteiger partial charge in [-0.15, -0.1) is 0 Å². The van der Waals surface area contributed by atoms with Gasteiger partial charge in [0.25, 0.3) is 0 Å². The summed E-state index contributed by atoms with van der Waals surface area (Å²) in [6, 6.07) is 12.4. The summed E-state index contributed by atoms with van der Waals surface area (Å²) in [5, 5.41) is 2.87. The molecule has 4 rings (SSSR count). The number of hydrogen-bond donors (Lipinski definition) is 1. The molecule has 33 heavy (non-hydrogen) atoms. The zero-order chi connectivity index (χ0) is 23.8. The zero-order valence-corrected chi connectivity index (χ0v) is 20.2. The number of sulfonamides is 1. The minimum atomic E-state index is -3.61. The summed E-state index contributed by atoms with van der Waals surface area (Å²) < 4.78 is 27.8. The quantitative estimate of drug-likeness (QED) is 0.699. The Morgan fingerprint density at radius 1 is 1.06 bits per heavy atom. The van der Waals surface area contributed by atoms with Gasteiger partial charge in [0.1, 0.15) is 6.54 Å². The highest BCUT2D eigenvalue weighted by atomic mass is 32.2. The van der Waals surface area contributed by atoms with E-state index in [1.165, 1.54) is 9.21 Å². The van der Waals surface area contributed by atoms with E-state index >= 15 is 0 Å². The van der Waals surface area contributed by atoms with Gasteiger partial charge in [0.05, 0.1) is 10.3 Å². The molecule has 2 aromatic rings. The predicted molar refractivity (Wildman–Crippen MR) is 129 cm³/mol. The number of piperidine rings is 1. The Morgan fingerprint density at radius 3 is 2.48 bits per heavy atom. The first-order valence-electron chi connectivity index (χ1n) is 11.5. The fourth-order valence-corrected chi connectivity index (χ4v) is 6.14.